The molecule has 0 bridgehead atoms. The van der Waals surface area contributed by atoms with Gasteiger partial charge in [0.2, 0.25) is 0 Å². The highest BCUT2D eigenvalue weighted by Gasteiger charge is 2.24. The number of benzene rings is 1. The molecule has 0 radical (unpaired) electrons. The predicted molar refractivity (Wildman–Crippen MR) is 68.8 cm³/mol. The molecule has 0 fully saturated rings. The molecule has 0 aliphatic carbocycles. The Bertz CT molecular complexity index is 589. The number of aromatic nitrogens is 1. The van der Waals surface area contributed by atoms with Crippen LogP contribution in [0.15, 0.2) is 22.6 Å². The molecule has 1 aromatic heterocycles. The van der Waals surface area contributed by atoms with Gasteiger partial charge in [-0.2, -0.15) is 0 Å². The molecule has 0 unspecified atom stereocenters. The van der Waals surface area contributed by atoms with Gasteiger partial charge >= 0.3 is 5.97 Å². The number of nitrogens with zero attached hydrogens (tertiary/aromatic N) is 1. The van der Waals surface area contributed by atoms with Crippen LogP contribution < -0.4 is 0 Å². The van der Waals surface area contributed by atoms with Crippen LogP contribution in [0.5, 0.6) is 0 Å². The van der Waals surface area contributed by atoms with E-state index >= 15 is 0 Å². The van der Waals surface area contributed by atoms with Gasteiger partial charge in [-0.1, -0.05) is 25.4 Å². The third kappa shape index (κ3) is 3.01. The van der Waals surface area contributed by atoms with Gasteiger partial charge in [-0.15, -0.1) is 0 Å². The summed E-state index contributed by atoms with van der Waals surface area (Å²) in [4.78, 5) is 15.1. The van der Waals surface area contributed by atoms with Gasteiger partial charge in [-0.3, -0.25) is 4.79 Å². The molecular formula is C13H14ClNO3. The van der Waals surface area contributed by atoms with Crippen molar-refractivity contribution in [3.05, 3.63) is 29.1 Å². The number of carbonyl (C=O) groups is 1. The topological polar surface area (TPSA) is 63.3 Å². The molecule has 1 N–H and O–H groups in total. The van der Waals surface area contributed by atoms with Crippen molar-refractivity contribution < 1.29 is 14.3 Å². The van der Waals surface area contributed by atoms with Crippen LogP contribution in [0, 0.1) is 5.41 Å². The van der Waals surface area contributed by atoms with Crippen LogP contribution in [-0.4, -0.2) is 16.1 Å². The first-order valence-electron chi connectivity index (χ1n) is 5.62. The van der Waals surface area contributed by atoms with Gasteiger partial charge in [-0.05, 0) is 17.5 Å². The average molecular weight is 268 g/mol. The summed E-state index contributed by atoms with van der Waals surface area (Å²) in [6.45, 7) is 3.76. The van der Waals surface area contributed by atoms with Crippen molar-refractivity contribution >= 4 is 28.7 Å². The largest absolute Gasteiger partial charge is 0.481 e. The number of oxazole rings is 1. The predicted octanol–water partition coefficient (Wildman–Crippen LogP) is 3.52. The molecule has 2 aromatic rings. The molecular weight excluding hydrogens is 254 g/mol. The maximum absolute atomic E-state index is 10.8. The monoisotopic (exact) mass is 267 g/mol. The molecule has 0 spiro atoms. The molecule has 18 heavy (non-hydrogen) atoms. The number of carboxylic acid groups (broad SMARTS) is 1. The second kappa shape index (κ2) is 4.61. The van der Waals surface area contributed by atoms with E-state index in [1.807, 2.05) is 13.8 Å². The SMILES string of the molecule is CC(C)(CC(=O)O)Cc1nc2ccc(Cl)cc2o1. The van der Waals surface area contributed by atoms with Crippen molar-refractivity contribution in [3.63, 3.8) is 0 Å². The summed E-state index contributed by atoms with van der Waals surface area (Å²) in [5, 5.41) is 9.43. The number of carboxylic acids is 1. The van der Waals surface area contributed by atoms with Crippen molar-refractivity contribution in [1.29, 1.82) is 0 Å². The number of hydrogen-bond donors (Lipinski definition) is 1. The van der Waals surface area contributed by atoms with E-state index in [9.17, 15) is 4.79 Å². The van der Waals surface area contributed by atoms with E-state index < -0.39 is 11.4 Å². The Kier molecular flexibility index (Phi) is 3.30. The molecule has 0 saturated heterocycles. The molecule has 2 rings (SSSR count). The number of halogens is 1. The van der Waals surface area contributed by atoms with E-state index in [0.29, 0.717) is 22.9 Å². The van der Waals surface area contributed by atoms with Crippen molar-refractivity contribution in [3.8, 4) is 0 Å². The first-order chi connectivity index (χ1) is 8.35. The third-order valence-corrected chi connectivity index (χ3v) is 2.89. The van der Waals surface area contributed by atoms with E-state index in [4.69, 9.17) is 21.1 Å². The zero-order valence-corrected chi connectivity index (χ0v) is 11.0. The van der Waals surface area contributed by atoms with Crippen molar-refractivity contribution in [2.75, 3.05) is 0 Å². The van der Waals surface area contributed by atoms with E-state index in [2.05, 4.69) is 4.98 Å². The van der Waals surface area contributed by atoms with Crippen molar-refractivity contribution in [2.24, 2.45) is 5.41 Å². The van der Waals surface area contributed by atoms with Crippen LogP contribution in [0.25, 0.3) is 11.1 Å². The third-order valence-electron chi connectivity index (χ3n) is 2.65. The Morgan fingerprint density at radius 2 is 2.22 bits per heavy atom. The average Bonchev–Trinajstić information content (AvgIpc) is 2.55. The molecule has 96 valence electrons. The maximum Gasteiger partial charge on any atom is 0.303 e. The van der Waals surface area contributed by atoms with E-state index in [1.54, 1.807) is 18.2 Å². The minimum absolute atomic E-state index is 0.0759. The summed E-state index contributed by atoms with van der Waals surface area (Å²) in [6.07, 6.45) is 0.554. The minimum Gasteiger partial charge on any atom is -0.481 e. The Morgan fingerprint density at radius 1 is 1.50 bits per heavy atom. The Hall–Kier alpha value is -1.55. The Labute approximate surface area is 110 Å². The molecule has 1 aromatic carbocycles. The molecule has 0 atom stereocenters. The molecule has 0 aliphatic heterocycles. The number of fused-ring (bicyclic) bond motifs is 1. The van der Waals surface area contributed by atoms with Crippen LogP contribution in [0.3, 0.4) is 0 Å². The Balaban J connectivity index is 2.24. The van der Waals surface area contributed by atoms with Crippen LogP contribution in [-0.2, 0) is 11.2 Å². The van der Waals surface area contributed by atoms with Gasteiger partial charge in [0.1, 0.15) is 5.52 Å². The summed E-state index contributed by atoms with van der Waals surface area (Å²) in [5.41, 5.74) is 0.973. The lowest BCUT2D eigenvalue weighted by Crippen LogP contribution is -2.19. The second-order valence-electron chi connectivity index (χ2n) is 5.13. The lowest BCUT2D eigenvalue weighted by Gasteiger charge is -2.19. The summed E-state index contributed by atoms with van der Waals surface area (Å²) in [7, 11) is 0. The van der Waals surface area contributed by atoms with Crippen molar-refractivity contribution in [1.82, 2.24) is 4.98 Å². The first kappa shape index (κ1) is 12.9. The lowest BCUT2D eigenvalue weighted by molar-refractivity contribution is -0.139. The van der Waals surface area contributed by atoms with Gasteiger partial charge in [0.25, 0.3) is 0 Å². The number of rotatable bonds is 4. The molecule has 0 amide bonds. The fourth-order valence-corrected chi connectivity index (χ4v) is 2.07. The molecule has 4 nitrogen and oxygen atoms in total. The highest BCUT2D eigenvalue weighted by Crippen LogP contribution is 2.28. The van der Waals surface area contributed by atoms with Crippen molar-refractivity contribution in [2.45, 2.75) is 26.7 Å². The van der Waals surface area contributed by atoms with Gasteiger partial charge in [-0.25, -0.2) is 4.98 Å². The summed E-state index contributed by atoms with van der Waals surface area (Å²) in [6, 6.07) is 5.24. The highest BCUT2D eigenvalue weighted by molar-refractivity contribution is 6.31. The van der Waals surface area contributed by atoms with Gasteiger partial charge in [0, 0.05) is 17.5 Å². The van der Waals surface area contributed by atoms with E-state index in [1.165, 1.54) is 0 Å². The molecule has 5 heteroatoms. The number of aliphatic carboxylic acids is 1. The van der Waals surface area contributed by atoms with E-state index in [0.717, 1.165) is 5.52 Å². The molecule has 0 aliphatic rings. The van der Waals surface area contributed by atoms with Crippen LogP contribution in [0.1, 0.15) is 26.2 Å². The second-order valence-corrected chi connectivity index (χ2v) is 5.57. The maximum atomic E-state index is 10.8. The fourth-order valence-electron chi connectivity index (χ4n) is 1.90. The van der Waals surface area contributed by atoms with Crippen LogP contribution >= 0.6 is 11.6 Å². The van der Waals surface area contributed by atoms with Gasteiger partial charge in [0.05, 0.1) is 6.42 Å². The fraction of sp³-hybridized carbons (Fsp3) is 0.385. The van der Waals surface area contributed by atoms with Gasteiger partial charge < -0.3 is 9.52 Å². The summed E-state index contributed by atoms with van der Waals surface area (Å²) in [5.74, 6) is -0.280. The summed E-state index contributed by atoms with van der Waals surface area (Å²) >= 11 is 5.86. The standard InChI is InChI=1S/C13H14ClNO3/c1-13(2,7-12(16)17)6-11-15-9-4-3-8(14)5-10(9)18-11/h3-5H,6-7H2,1-2H3,(H,16,17). The summed E-state index contributed by atoms with van der Waals surface area (Å²) < 4.78 is 5.58. The quantitative estimate of drug-likeness (QED) is 0.920. The zero-order valence-electron chi connectivity index (χ0n) is 10.2. The molecule has 0 saturated carbocycles. The zero-order chi connectivity index (χ0) is 13.3. The normalized spacial score (nSPS) is 11.9. The number of hydrogen-bond acceptors (Lipinski definition) is 3. The van der Waals surface area contributed by atoms with Crippen LogP contribution in [0.4, 0.5) is 0 Å². The van der Waals surface area contributed by atoms with Crippen LogP contribution in [0.2, 0.25) is 5.02 Å². The lowest BCUT2D eigenvalue weighted by atomic mass is 9.86. The molecule has 1 heterocycles. The van der Waals surface area contributed by atoms with E-state index in [-0.39, 0.29) is 6.42 Å². The smallest absolute Gasteiger partial charge is 0.303 e. The van der Waals surface area contributed by atoms with Gasteiger partial charge in [0.15, 0.2) is 11.5 Å². The Morgan fingerprint density at radius 3 is 2.89 bits per heavy atom. The highest BCUT2D eigenvalue weighted by atomic mass is 35.5. The first-order valence-corrected chi connectivity index (χ1v) is 6.00. The minimum atomic E-state index is -0.820.